The minimum atomic E-state index is -3.88. The van der Waals surface area contributed by atoms with Crippen molar-refractivity contribution >= 4 is 54.5 Å². The van der Waals surface area contributed by atoms with Gasteiger partial charge in [0.2, 0.25) is 0 Å². The van der Waals surface area contributed by atoms with Crippen molar-refractivity contribution in [3.8, 4) is 11.3 Å². The van der Waals surface area contributed by atoms with Crippen LogP contribution in [0.15, 0.2) is 81.9 Å². The Morgan fingerprint density at radius 3 is 2.55 bits per heavy atom. The minimum Gasteiger partial charge on any atom is -0.375 e. The number of sulfonamides is 1. The van der Waals surface area contributed by atoms with Gasteiger partial charge in [0.25, 0.3) is 10.0 Å². The van der Waals surface area contributed by atoms with Crippen LogP contribution in [-0.4, -0.2) is 13.4 Å². The first-order valence-electron chi connectivity index (χ1n) is 9.54. The lowest BCUT2D eigenvalue weighted by Gasteiger charge is -2.09. The molecule has 0 saturated carbocycles. The molecule has 0 bridgehead atoms. The van der Waals surface area contributed by atoms with Crippen LogP contribution in [0.1, 0.15) is 5.56 Å². The van der Waals surface area contributed by atoms with Gasteiger partial charge in [-0.25, -0.2) is 17.8 Å². The highest BCUT2D eigenvalue weighted by Crippen LogP contribution is 2.38. The molecule has 3 aromatic carbocycles. The minimum absolute atomic E-state index is 0.0182. The van der Waals surface area contributed by atoms with Gasteiger partial charge in [0.05, 0.1) is 16.3 Å². The van der Waals surface area contributed by atoms with Crippen molar-refractivity contribution in [3.05, 3.63) is 83.1 Å². The summed E-state index contributed by atoms with van der Waals surface area (Å²) in [6.07, 6.45) is 0. The van der Waals surface area contributed by atoms with Crippen LogP contribution in [0, 0.1) is 12.7 Å². The quantitative estimate of drug-likeness (QED) is 0.286. The van der Waals surface area contributed by atoms with Gasteiger partial charge < -0.3 is 5.73 Å². The highest BCUT2D eigenvalue weighted by atomic mass is 35.5. The number of benzene rings is 3. The second-order valence-electron chi connectivity index (χ2n) is 6.98. The number of azo groups is 1. The average Bonchev–Trinajstić information content (AvgIpc) is 3.13. The zero-order valence-electron chi connectivity index (χ0n) is 17.2. The summed E-state index contributed by atoms with van der Waals surface area (Å²) in [6, 6.07) is 16.7. The van der Waals surface area contributed by atoms with E-state index in [4.69, 9.17) is 17.3 Å². The van der Waals surface area contributed by atoms with E-state index in [2.05, 4.69) is 19.9 Å². The molecule has 11 heteroatoms. The number of nitrogens with zero attached hydrogens (tertiary/aromatic N) is 3. The molecular weight excluding hydrogens is 485 g/mol. The molecule has 0 fully saturated rings. The fourth-order valence-electron chi connectivity index (χ4n) is 2.92. The number of aromatic nitrogens is 1. The number of hydrogen-bond donors (Lipinski definition) is 2. The largest absolute Gasteiger partial charge is 0.375 e. The predicted molar refractivity (Wildman–Crippen MR) is 130 cm³/mol. The molecule has 3 N–H and O–H groups in total. The van der Waals surface area contributed by atoms with Gasteiger partial charge in [-0.1, -0.05) is 35.1 Å². The average molecular weight is 502 g/mol. The van der Waals surface area contributed by atoms with E-state index in [0.29, 0.717) is 32.7 Å². The summed E-state index contributed by atoms with van der Waals surface area (Å²) in [7, 11) is -3.88. The van der Waals surface area contributed by atoms with Crippen LogP contribution in [0.3, 0.4) is 0 Å². The van der Waals surface area contributed by atoms with E-state index in [9.17, 15) is 12.8 Å². The molecule has 4 rings (SSSR count). The maximum absolute atomic E-state index is 13.3. The van der Waals surface area contributed by atoms with Gasteiger partial charge in [0.15, 0.2) is 10.1 Å². The van der Waals surface area contributed by atoms with Crippen LogP contribution in [-0.2, 0) is 10.0 Å². The Balaban J connectivity index is 1.65. The Morgan fingerprint density at radius 2 is 1.82 bits per heavy atom. The summed E-state index contributed by atoms with van der Waals surface area (Å²) in [5.41, 5.74) is 8.37. The summed E-state index contributed by atoms with van der Waals surface area (Å²) >= 11 is 7.06. The van der Waals surface area contributed by atoms with Gasteiger partial charge in [-0.3, -0.25) is 4.72 Å². The Labute approximate surface area is 198 Å². The summed E-state index contributed by atoms with van der Waals surface area (Å²) < 4.78 is 41.4. The van der Waals surface area contributed by atoms with Crippen molar-refractivity contribution in [2.45, 2.75) is 11.8 Å². The summed E-state index contributed by atoms with van der Waals surface area (Å²) in [4.78, 5) is 4.28. The van der Waals surface area contributed by atoms with Crippen molar-refractivity contribution in [2.75, 3.05) is 10.5 Å². The molecule has 4 aromatic rings. The lowest BCUT2D eigenvalue weighted by molar-refractivity contribution is 0.601. The van der Waals surface area contributed by atoms with Crippen LogP contribution in [0.2, 0.25) is 5.02 Å². The van der Waals surface area contributed by atoms with Gasteiger partial charge in [-0.2, -0.15) is 0 Å². The van der Waals surface area contributed by atoms with Crippen LogP contribution in [0.25, 0.3) is 11.3 Å². The monoisotopic (exact) mass is 501 g/mol. The van der Waals surface area contributed by atoms with Gasteiger partial charge in [-0.15, -0.1) is 10.2 Å². The zero-order chi connectivity index (χ0) is 23.6. The molecule has 0 atom stereocenters. The number of rotatable bonds is 6. The molecule has 1 aromatic heterocycles. The van der Waals surface area contributed by atoms with E-state index < -0.39 is 10.0 Å². The number of hydrogen-bond acceptors (Lipinski definition) is 7. The SMILES string of the molecule is Cc1ccc(S(=O)(=O)Nc2cccc(Cl)c2)cc1N=Nc1sc(N)nc1-c1ccc(F)cc1. The van der Waals surface area contributed by atoms with Gasteiger partial charge in [0, 0.05) is 10.6 Å². The molecule has 168 valence electrons. The molecular formula is C22H17ClFN5O2S2. The van der Waals surface area contributed by atoms with Crippen LogP contribution >= 0.6 is 22.9 Å². The number of halogens is 2. The number of nitrogens with one attached hydrogen (secondary N) is 1. The van der Waals surface area contributed by atoms with E-state index in [-0.39, 0.29) is 15.8 Å². The Kier molecular flexibility index (Phi) is 6.41. The van der Waals surface area contributed by atoms with E-state index in [1.807, 2.05) is 0 Å². The molecule has 0 aliphatic rings. The van der Waals surface area contributed by atoms with Crippen LogP contribution in [0.4, 0.5) is 25.9 Å². The first-order chi connectivity index (χ1) is 15.7. The van der Waals surface area contributed by atoms with Gasteiger partial charge >= 0.3 is 0 Å². The molecule has 0 radical (unpaired) electrons. The lowest BCUT2D eigenvalue weighted by Crippen LogP contribution is -2.12. The first-order valence-corrected chi connectivity index (χ1v) is 12.2. The molecule has 33 heavy (non-hydrogen) atoms. The van der Waals surface area contributed by atoms with E-state index >= 15 is 0 Å². The van der Waals surface area contributed by atoms with Crippen molar-refractivity contribution < 1.29 is 12.8 Å². The summed E-state index contributed by atoms with van der Waals surface area (Å²) in [6.45, 7) is 1.79. The second-order valence-corrected chi connectivity index (χ2v) is 10.1. The second kappa shape index (κ2) is 9.26. The molecule has 0 spiro atoms. The van der Waals surface area contributed by atoms with E-state index in [1.165, 1.54) is 30.3 Å². The molecule has 1 heterocycles. The number of thiazole rings is 1. The molecule has 0 aliphatic heterocycles. The van der Waals surface area contributed by atoms with E-state index in [1.54, 1.807) is 43.3 Å². The van der Waals surface area contributed by atoms with Crippen LogP contribution in [0.5, 0.6) is 0 Å². The first kappa shape index (κ1) is 22.8. The molecule has 0 saturated heterocycles. The highest BCUT2D eigenvalue weighted by molar-refractivity contribution is 7.92. The maximum Gasteiger partial charge on any atom is 0.261 e. The fourth-order valence-corrected chi connectivity index (χ4v) is 4.86. The third-order valence-corrected chi connectivity index (χ3v) is 6.94. The number of anilines is 2. The molecule has 0 aliphatic carbocycles. The third kappa shape index (κ3) is 5.36. The third-order valence-electron chi connectivity index (χ3n) is 4.56. The van der Waals surface area contributed by atoms with Crippen molar-refractivity contribution in [1.29, 1.82) is 0 Å². The molecule has 0 amide bonds. The normalized spacial score (nSPS) is 11.7. The number of aryl methyl sites for hydroxylation is 1. The molecule has 0 unspecified atom stereocenters. The summed E-state index contributed by atoms with van der Waals surface area (Å²) in [5, 5.41) is 9.60. The van der Waals surface area contributed by atoms with Crippen molar-refractivity contribution in [1.82, 2.24) is 4.98 Å². The standard InChI is InChI=1S/C22H17ClFN5O2S2/c1-13-5-10-18(33(30,31)29-17-4-2-3-15(23)11-17)12-19(13)27-28-21-20(26-22(25)32-21)14-6-8-16(24)9-7-14/h2-12,29H,1H3,(H2,25,26). The fraction of sp³-hybridized carbons (Fsp3) is 0.0455. The van der Waals surface area contributed by atoms with Gasteiger partial charge in [0.1, 0.15) is 11.5 Å². The maximum atomic E-state index is 13.3. The van der Waals surface area contributed by atoms with Crippen molar-refractivity contribution in [3.63, 3.8) is 0 Å². The van der Waals surface area contributed by atoms with Gasteiger partial charge in [-0.05, 0) is 67.1 Å². The topological polar surface area (TPSA) is 110 Å². The Hall–Kier alpha value is -3.34. The Morgan fingerprint density at radius 1 is 1.06 bits per heavy atom. The van der Waals surface area contributed by atoms with E-state index in [0.717, 1.165) is 16.9 Å². The lowest BCUT2D eigenvalue weighted by atomic mass is 10.1. The zero-order valence-corrected chi connectivity index (χ0v) is 19.5. The molecule has 7 nitrogen and oxygen atoms in total. The van der Waals surface area contributed by atoms with Crippen LogP contribution < -0.4 is 10.5 Å². The highest BCUT2D eigenvalue weighted by Gasteiger charge is 2.17. The summed E-state index contributed by atoms with van der Waals surface area (Å²) in [5.74, 6) is -0.370. The predicted octanol–water partition coefficient (Wildman–Crippen LogP) is 6.71. The number of nitrogen functional groups attached to an aromatic ring is 1. The number of nitrogens with two attached hydrogens (primary N) is 1. The van der Waals surface area contributed by atoms with Crippen molar-refractivity contribution in [2.24, 2.45) is 10.2 Å². The Bertz CT molecular complexity index is 1450. The smallest absolute Gasteiger partial charge is 0.261 e.